The van der Waals surface area contributed by atoms with Crippen molar-refractivity contribution in [2.75, 3.05) is 0 Å². The minimum Gasteiger partial charge on any atom is -0.349 e. The second-order valence-corrected chi connectivity index (χ2v) is 3.86. The number of aromatic amines is 1. The van der Waals surface area contributed by atoms with Gasteiger partial charge < -0.3 is 5.32 Å². The maximum atomic E-state index is 13.3. The van der Waals surface area contributed by atoms with Crippen LogP contribution in [0.5, 0.6) is 0 Å². The second kappa shape index (κ2) is 3.92. The monoisotopic (exact) mass is 221 g/mol. The van der Waals surface area contributed by atoms with E-state index < -0.39 is 5.82 Å². The van der Waals surface area contributed by atoms with E-state index in [4.69, 9.17) is 0 Å². The first-order chi connectivity index (χ1) is 7.59. The number of rotatable bonds is 2. The largest absolute Gasteiger partial charge is 0.349 e. The van der Waals surface area contributed by atoms with E-state index in [1.165, 1.54) is 6.07 Å². The molecule has 0 saturated carbocycles. The van der Waals surface area contributed by atoms with Crippen molar-refractivity contribution >= 4 is 16.8 Å². The van der Waals surface area contributed by atoms with Crippen molar-refractivity contribution in [3.05, 3.63) is 29.7 Å². The van der Waals surface area contributed by atoms with Gasteiger partial charge in [0.2, 0.25) is 0 Å². The van der Waals surface area contributed by atoms with Crippen LogP contribution in [0, 0.1) is 5.82 Å². The van der Waals surface area contributed by atoms with E-state index in [0.29, 0.717) is 11.1 Å². The molecule has 1 aromatic heterocycles. The Balaban J connectivity index is 2.46. The lowest BCUT2D eigenvalue weighted by Crippen LogP contribution is -2.30. The van der Waals surface area contributed by atoms with Crippen LogP contribution < -0.4 is 5.32 Å². The first-order valence-corrected chi connectivity index (χ1v) is 5.03. The third-order valence-corrected chi connectivity index (χ3v) is 2.18. The molecule has 0 aliphatic carbocycles. The number of para-hydroxylation sites is 1. The molecular formula is C11H12FN3O. The van der Waals surface area contributed by atoms with Gasteiger partial charge in [-0.25, -0.2) is 4.39 Å². The van der Waals surface area contributed by atoms with Crippen LogP contribution >= 0.6 is 0 Å². The molecule has 0 bridgehead atoms. The highest BCUT2D eigenvalue weighted by Gasteiger charge is 2.15. The third kappa shape index (κ3) is 1.76. The summed E-state index contributed by atoms with van der Waals surface area (Å²) in [5, 5.41) is 9.57. The van der Waals surface area contributed by atoms with Crippen molar-refractivity contribution in [2.24, 2.45) is 0 Å². The number of aromatic nitrogens is 2. The maximum Gasteiger partial charge on any atom is 0.270 e. The summed E-state index contributed by atoms with van der Waals surface area (Å²) in [5.74, 6) is -0.708. The molecule has 0 radical (unpaired) electrons. The maximum absolute atomic E-state index is 13.3. The highest BCUT2D eigenvalue weighted by atomic mass is 19.1. The Hall–Kier alpha value is -1.91. The van der Waals surface area contributed by atoms with Crippen LogP contribution in [0.1, 0.15) is 24.3 Å². The predicted molar refractivity (Wildman–Crippen MR) is 58.7 cm³/mol. The van der Waals surface area contributed by atoms with Gasteiger partial charge in [0.25, 0.3) is 5.91 Å². The summed E-state index contributed by atoms with van der Waals surface area (Å²) in [6, 6.07) is 4.56. The quantitative estimate of drug-likeness (QED) is 0.812. The van der Waals surface area contributed by atoms with Crippen LogP contribution in [0.3, 0.4) is 0 Å². The van der Waals surface area contributed by atoms with Crippen molar-refractivity contribution in [3.8, 4) is 0 Å². The number of halogens is 1. The van der Waals surface area contributed by atoms with Crippen molar-refractivity contribution in [3.63, 3.8) is 0 Å². The molecule has 0 saturated heterocycles. The van der Waals surface area contributed by atoms with E-state index in [0.717, 1.165) is 0 Å². The van der Waals surface area contributed by atoms with E-state index in [9.17, 15) is 9.18 Å². The van der Waals surface area contributed by atoms with Crippen molar-refractivity contribution in [2.45, 2.75) is 19.9 Å². The molecule has 1 amide bonds. The smallest absolute Gasteiger partial charge is 0.270 e. The number of fused-ring (bicyclic) bond motifs is 1. The molecular weight excluding hydrogens is 209 g/mol. The fourth-order valence-corrected chi connectivity index (χ4v) is 1.51. The fourth-order valence-electron chi connectivity index (χ4n) is 1.51. The number of hydrogen-bond donors (Lipinski definition) is 2. The number of carbonyl (C=O) groups excluding carboxylic acids is 1. The lowest BCUT2D eigenvalue weighted by molar-refractivity contribution is 0.0939. The van der Waals surface area contributed by atoms with Crippen LogP contribution in [0.25, 0.3) is 10.9 Å². The summed E-state index contributed by atoms with van der Waals surface area (Å²) in [4.78, 5) is 11.7. The second-order valence-electron chi connectivity index (χ2n) is 3.86. The Labute approximate surface area is 91.8 Å². The van der Waals surface area contributed by atoms with E-state index in [1.54, 1.807) is 12.1 Å². The molecule has 4 nitrogen and oxygen atoms in total. The lowest BCUT2D eigenvalue weighted by Gasteiger charge is -2.06. The number of benzene rings is 1. The van der Waals surface area contributed by atoms with Crippen LogP contribution in [0.15, 0.2) is 18.2 Å². The van der Waals surface area contributed by atoms with E-state index in [-0.39, 0.29) is 17.5 Å². The molecule has 2 rings (SSSR count). The van der Waals surface area contributed by atoms with Gasteiger partial charge in [-0.2, -0.15) is 5.10 Å². The van der Waals surface area contributed by atoms with Crippen LogP contribution in [-0.4, -0.2) is 22.1 Å². The summed E-state index contributed by atoms with van der Waals surface area (Å²) in [7, 11) is 0. The van der Waals surface area contributed by atoms with Gasteiger partial charge in [-0.1, -0.05) is 12.1 Å². The Morgan fingerprint density at radius 1 is 1.50 bits per heavy atom. The average molecular weight is 221 g/mol. The van der Waals surface area contributed by atoms with Gasteiger partial charge in [-0.15, -0.1) is 0 Å². The molecule has 1 aromatic carbocycles. The highest BCUT2D eigenvalue weighted by Crippen LogP contribution is 2.18. The summed E-state index contributed by atoms with van der Waals surface area (Å²) in [6.07, 6.45) is 0. The number of hydrogen-bond acceptors (Lipinski definition) is 2. The minimum atomic E-state index is -0.433. The lowest BCUT2D eigenvalue weighted by atomic mass is 10.2. The minimum absolute atomic E-state index is 0.0272. The van der Waals surface area contributed by atoms with Crippen molar-refractivity contribution in [1.82, 2.24) is 15.5 Å². The Kier molecular flexibility index (Phi) is 2.60. The number of H-pyrrole nitrogens is 1. The van der Waals surface area contributed by atoms with Gasteiger partial charge >= 0.3 is 0 Å². The summed E-state index contributed by atoms with van der Waals surface area (Å²) in [5.41, 5.74) is 0.486. The van der Waals surface area contributed by atoms with E-state index >= 15 is 0 Å². The molecule has 16 heavy (non-hydrogen) atoms. The topological polar surface area (TPSA) is 57.8 Å². The molecule has 0 unspecified atom stereocenters. The van der Waals surface area contributed by atoms with Crippen molar-refractivity contribution < 1.29 is 9.18 Å². The van der Waals surface area contributed by atoms with Gasteiger partial charge in [0.05, 0.1) is 0 Å². The fraction of sp³-hybridized carbons (Fsp3) is 0.273. The SMILES string of the molecule is CC(C)NC(=O)c1[nH]nc2c(F)cccc12. The molecule has 2 N–H and O–H groups in total. The van der Waals surface area contributed by atoms with Crippen molar-refractivity contribution in [1.29, 1.82) is 0 Å². The molecule has 0 aliphatic rings. The molecule has 0 aliphatic heterocycles. The number of carbonyl (C=O) groups is 1. The third-order valence-electron chi connectivity index (χ3n) is 2.18. The van der Waals surface area contributed by atoms with Gasteiger partial charge in [-0.05, 0) is 19.9 Å². The molecule has 0 fully saturated rings. The summed E-state index contributed by atoms with van der Waals surface area (Å²) in [6.45, 7) is 3.72. The van der Waals surface area contributed by atoms with Crippen LogP contribution in [0.4, 0.5) is 4.39 Å². The molecule has 1 heterocycles. The Morgan fingerprint density at radius 3 is 2.94 bits per heavy atom. The molecule has 5 heteroatoms. The van der Waals surface area contributed by atoms with Crippen LogP contribution in [0.2, 0.25) is 0 Å². The van der Waals surface area contributed by atoms with Gasteiger partial charge in [0.1, 0.15) is 11.2 Å². The normalized spacial score (nSPS) is 11.0. The highest BCUT2D eigenvalue weighted by molar-refractivity contribution is 6.04. The first-order valence-electron chi connectivity index (χ1n) is 5.03. The Bertz CT molecular complexity index is 533. The number of nitrogens with one attached hydrogen (secondary N) is 2. The standard InChI is InChI=1S/C11H12FN3O/c1-6(2)13-11(16)10-7-4-3-5-8(12)9(7)14-15-10/h3-6H,1-2H3,(H,13,16)(H,14,15). The zero-order valence-corrected chi connectivity index (χ0v) is 9.04. The average Bonchev–Trinajstić information content (AvgIpc) is 2.61. The molecule has 2 aromatic rings. The number of amides is 1. The van der Waals surface area contributed by atoms with Gasteiger partial charge in [0, 0.05) is 11.4 Å². The van der Waals surface area contributed by atoms with Crippen LogP contribution in [-0.2, 0) is 0 Å². The summed E-state index contributed by atoms with van der Waals surface area (Å²) >= 11 is 0. The zero-order chi connectivity index (χ0) is 11.7. The predicted octanol–water partition coefficient (Wildman–Crippen LogP) is 1.84. The van der Waals surface area contributed by atoms with Gasteiger partial charge in [-0.3, -0.25) is 9.89 Å². The zero-order valence-electron chi connectivity index (χ0n) is 9.04. The first kappa shape index (κ1) is 10.6. The Morgan fingerprint density at radius 2 is 2.25 bits per heavy atom. The number of nitrogens with zero attached hydrogens (tertiary/aromatic N) is 1. The van der Waals surface area contributed by atoms with E-state index in [2.05, 4.69) is 15.5 Å². The molecule has 84 valence electrons. The molecule has 0 atom stereocenters. The summed E-state index contributed by atoms with van der Waals surface area (Å²) < 4.78 is 13.3. The van der Waals surface area contributed by atoms with Gasteiger partial charge in [0.15, 0.2) is 5.82 Å². The molecule has 0 spiro atoms. The van der Waals surface area contributed by atoms with E-state index in [1.807, 2.05) is 13.8 Å².